The van der Waals surface area contributed by atoms with Crippen molar-refractivity contribution in [2.24, 2.45) is 5.92 Å². The van der Waals surface area contributed by atoms with Gasteiger partial charge < -0.3 is 5.11 Å². The zero-order valence-corrected chi connectivity index (χ0v) is 19.1. The Balaban J connectivity index is 1.62. The van der Waals surface area contributed by atoms with Gasteiger partial charge in [-0.25, -0.2) is 0 Å². The molecule has 32 heavy (non-hydrogen) atoms. The summed E-state index contributed by atoms with van der Waals surface area (Å²) in [7, 11) is 0. The minimum Gasteiger partial charge on any atom is -0.384 e. The van der Waals surface area contributed by atoms with E-state index in [1.54, 1.807) is 0 Å². The van der Waals surface area contributed by atoms with Gasteiger partial charge in [0.2, 0.25) is 0 Å². The van der Waals surface area contributed by atoms with Crippen LogP contribution in [0.1, 0.15) is 52.7 Å². The molecule has 0 radical (unpaired) electrons. The van der Waals surface area contributed by atoms with Crippen LogP contribution >= 0.6 is 0 Å². The number of benzene rings is 3. The first-order chi connectivity index (χ1) is 15.6. The molecule has 0 spiro atoms. The zero-order chi connectivity index (χ0) is 22.1. The van der Waals surface area contributed by atoms with Crippen molar-refractivity contribution in [1.82, 2.24) is 4.90 Å². The summed E-state index contributed by atoms with van der Waals surface area (Å²) < 4.78 is 0. The highest BCUT2D eigenvalue weighted by Crippen LogP contribution is 2.46. The zero-order valence-electron chi connectivity index (χ0n) is 19.1. The lowest BCUT2D eigenvalue weighted by atomic mass is 9.70. The maximum absolute atomic E-state index is 11.4. The van der Waals surface area contributed by atoms with Crippen LogP contribution in [0, 0.1) is 19.8 Å². The molecule has 2 atom stereocenters. The number of fused-ring (bicyclic) bond motifs is 3. The minimum absolute atomic E-state index is 0.261. The van der Waals surface area contributed by atoms with Crippen LogP contribution in [0.3, 0.4) is 0 Å². The van der Waals surface area contributed by atoms with Crippen molar-refractivity contribution in [2.75, 3.05) is 13.1 Å². The number of rotatable bonds is 5. The van der Waals surface area contributed by atoms with E-state index in [-0.39, 0.29) is 12.0 Å². The van der Waals surface area contributed by atoms with Crippen LogP contribution < -0.4 is 0 Å². The molecule has 0 saturated carbocycles. The van der Waals surface area contributed by atoms with E-state index in [0.29, 0.717) is 5.92 Å². The third kappa shape index (κ3) is 3.94. The fraction of sp³-hybridized carbons (Fsp3) is 0.333. The van der Waals surface area contributed by atoms with Crippen LogP contribution in [-0.4, -0.2) is 29.1 Å². The van der Waals surface area contributed by atoms with Crippen molar-refractivity contribution in [3.8, 4) is 0 Å². The standard InChI is InChI=1S/C30H33NO/c1-21-10-9-11-22(2)28(21)27(32)20-26-23-16-18-31(19-17-23)30(26)29(24-12-5-3-6-13-24)25-14-7-4-8-15-25/h3-15,20,23,27,29-30,32H,16-19H2,1-2H3/b26-20+. The monoisotopic (exact) mass is 423 g/mol. The molecular formula is C30H33NO. The lowest BCUT2D eigenvalue weighted by Gasteiger charge is -2.51. The van der Waals surface area contributed by atoms with E-state index in [0.717, 1.165) is 29.8 Å². The van der Waals surface area contributed by atoms with Crippen LogP contribution in [0.25, 0.3) is 0 Å². The number of aliphatic hydroxyl groups excluding tert-OH is 1. The molecular weight excluding hydrogens is 390 g/mol. The SMILES string of the molecule is Cc1cccc(C)c1C(O)/C=C1\C2CCN(CC2)C1C(c1ccccc1)c1ccccc1. The Labute approximate surface area is 192 Å². The Morgan fingerprint density at radius 2 is 1.31 bits per heavy atom. The van der Waals surface area contributed by atoms with Crippen molar-refractivity contribution >= 4 is 0 Å². The highest BCUT2D eigenvalue weighted by molar-refractivity contribution is 5.43. The van der Waals surface area contributed by atoms with E-state index >= 15 is 0 Å². The van der Waals surface area contributed by atoms with E-state index in [4.69, 9.17) is 0 Å². The first-order valence-electron chi connectivity index (χ1n) is 11.9. The summed E-state index contributed by atoms with van der Waals surface area (Å²) in [6, 6.07) is 28.4. The molecule has 3 saturated heterocycles. The summed E-state index contributed by atoms with van der Waals surface area (Å²) in [6.45, 7) is 6.49. The Hall–Kier alpha value is -2.68. The van der Waals surface area contributed by atoms with Gasteiger partial charge in [-0.3, -0.25) is 4.90 Å². The molecule has 3 aromatic carbocycles. The number of hydrogen-bond acceptors (Lipinski definition) is 2. The number of aryl methyl sites for hydroxylation is 2. The Bertz CT molecular complexity index is 1020. The Morgan fingerprint density at radius 1 is 0.781 bits per heavy atom. The van der Waals surface area contributed by atoms with Crippen molar-refractivity contribution in [2.45, 2.75) is 44.8 Å². The first kappa shape index (κ1) is 21.2. The quantitative estimate of drug-likeness (QED) is 0.495. The Morgan fingerprint density at radius 3 is 1.84 bits per heavy atom. The summed E-state index contributed by atoms with van der Waals surface area (Å²) >= 11 is 0. The summed E-state index contributed by atoms with van der Waals surface area (Å²) in [5.41, 5.74) is 7.51. The predicted octanol–water partition coefficient (Wildman–Crippen LogP) is 6.19. The second-order valence-corrected chi connectivity index (χ2v) is 9.47. The third-order valence-electron chi connectivity index (χ3n) is 7.56. The van der Waals surface area contributed by atoms with Crippen LogP contribution in [0.4, 0.5) is 0 Å². The smallest absolute Gasteiger partial charge is 0.0980 e. The van der Waals surface area contributed by atoms with Gasteiger partial charge in [-0.2, -0.15) is 0 Å². The molecule has 0 aliphatic carbocycles. The Kier molecular flexibility index (Phi) is 5.99. The van der Waals surface area contributed by atoms with Crippen LogP contribution in [0.2, 0.25) is 0 Å². The maximum atomic E-state index is 11.4. The molecule has 3 aliphatic heterocycles. The molecule has 3 aliphatic rings. The number of piperidine rings is 3. The second-order valence-electron chi connectivity index (χ2n) is 9.47. The molecule has 2 unspecified atom stereocenters. The van der Waals surface area contributed by atoms with Crippen LogP contribution in [0.15, 0.2) is 90.5 Å². The van der Waals surface area contributed by atoms with Gasteiger partial charge in [0.1, 0.15) is 0 Å². The lowest BCUT2D eigenvalue weighted by molar-refractivity contribution is 0.0908. The molecule has 2 nitrogen and oxygen atoms in total. The van der Waals surface area contributed by atoms with Gasteiger partial charge in [-0.15, -0.1) is 0 Å². The summed E-state index contributed by atoms with van der Waals surface area (Å²) in [5.74, 6) is 0.816. The summed E-state index contributed by atoms with van der Waals surface area (Å²) in [5, 5.41) is 11.4. The molecule has 1 N–H and O–H groups in total. The van der Waals surface area contributed by atoms with Crippen LogP contribution in [-0.2, 0) is 0 Å². The average molecular weight is 424 g/mol. The van der Waals surface area contributed by atoms with E-state index < -0.39 is 6.10 Å². The number of nitrogens with zero attached hydrogens (tertiary/aromatic N) is 1. The molecule has 0 aromatic heterocycles. The number of aliphatic hydroxyl groups is 1. The molecule has 3 heterocycles. The van der Waals surface area contributed by atoms with Gasteiger partial charge in [0.25, 0.3) is 0 Å². The van der Waals surface area contributed by atoms with Gasteiger partial charge in [0.15, 0.2) is 0 Å². The molecule has 0 amide bonds. The van der Waals surface area contributed by atoms with Gasteiger partial charge in [-0.05, 0) is 73.5 Å². The summed E-state index contributed by atoms with van der Waals surface area (Å²) in [6.07, 6.45) is 4.02. The normalized spacial score (nSPS) is 24.8. The van der Waals surface area contributed by atoms with E-state index in [9.17, 15) is 5.11 Å². The van der Waals surface area contributed by atoms with Crippen molar-refractivity contribution in [3.05, 3.63) is 118 Å². The molecule has 6 rings (SSSR count). The second kappa shape index (κ2) is 9.05. The highest BCUT2D eigenvalue weighted by Gasteiger charge is 2.43. The van der Waals surface area contributed by atoms with E-state index in [1.807, 2.05) is 0 Å². The highest BCUT2D eigenvalue weighted by atomic mass is 16.3. The molecule has 2 heteroatoms. The maximum Gasteiger partial charge on any atom is 0.0980 e. The van der Waals surface area contributed by atoms with Crippen LogP contribution in [0.5, 0.6) is 0 Å². The summed E-state index contributed by atoms with van der Waals surface area (Å²) in [4.78, 5) is 2.66. The molecule has 164 valence electrons. The first-order valence-corrected chi connectivity index (χ1v) is 11.9. The third-order valence-corrected chi connectivity index (χ3v) is 7.56. The molecule has 3 aromatic rings. The van der Waals surface area contributed by atoms with Gasteiger partial charge >= 0.3 is 0 Å². The van der Waals surface area contributed by atoms with Gasteiger partial charge in [-0.1, -0.05) is 90.5 Å². The van der Waals surface area contributed by atoms with E-state index in [2.05, 4.69) is 104 Å². The largest absolute Gasteiger partial charge is 0.384 e. The minimum atomic E-state index is -0.568. The van der Waals surface area contributed by atoms with Gasteiger partial charge in [0.05, 0.1) is 6.10 Å². The van der Waals surface area contributed by atoms with E-state index in [1.165, 1.54) is 29.5 Å². The van der Waals surface area contributed by atoms with Crippen molar-refractivity contribution < 1.29 is 5.11 Å². The fourth-order valence-corrected chi connectivity index (χ4v) is 6.04. The lowest BCUT2D eigenvalue weighted by Crippen LogP contribution is -2.53. The average Bonchev–Trinajstić information content (AvgIpc) is 2.82. The van der Waals surface area contributed by atoms with Crippen molar-refractivity contribution in [1.29, 1.82) is 0 Å². The topological polar surface area (TPSA) is 23.5 Å². The molecule has 3 fully saturated rings. The molecule has 2 bridgehead atoms. The fourth-order valence-electron chi connectivity index (χ4n) is 6.04. The number of hydrogen-bond donors (Lipinski definition) is 1. The van der Waals surface area contributed by atoms with Gasteiger partial charge in [0, 0.05) is 12.0 Å². The predicted molar refractivity (Wildman–Crippen MR) is 132 cm³/mol. The van der Waals surface area contributed by atoms with Crippen molar-refractivity contribution in [3.63, 3.8) is 0 Å².